The zero-order valence-corrected chi connectivity index (χ0v) is 16.3. The molecule has 0 amide bonds. The standard InChI is InChI=1S/C19H31ClOS/c1-6-15(4)10-17(18(13-22)19(21)12-20)11-16(5)9-7-8-14(2)3/h6,8,11,17-18,22H,7,9-10,12-13H2,1-5H3. The van der Waals surface area contributed by atoms with Gasteiger partial charge in [-0.15, -0.1) is 11.6 Å². The Balaban J connectivity index is 5.13. The van der Waals surface area contributed by atoms with E-state index in [0.717, 1.165) is 19.3 Å². The molecule has 0 rings (SSSR count). The minimum atomic E-state index is -0.103. The molecule has 126 valence electrons. The number of alkyl halides is 1. The number of hydrogen-bond acceptors (Lipinski definition) is 2. The number of thiol groups is 1. The van der Waals surface area contributed by atoms with Gasteiger partial charge in [0.05, 0.1) is 5.88 Å². The summed E-state index contributed by atoms with van der Waals surface area (Å²) >= 11 is 10.2. The van der Waals surface area contributed by atoms with Gasteiger partial charge in [0.15, 0.2) is 5.78 Å². The van der Waals surface area contributed by atoms with Crippen molar-refractivity contribution in [3.05, 3.63) is 34.9 Å². The second kappa shape index (κ2) is 12.0. The highest BCUT2D eigenvalue weighted by molar-refractivity contribution is 7.80. The molecule has 0 saturated heterocycles. The molecule has 0 radical (unpaired) electrons. The van der Waals surface area contributed by atoms with Gasteiger partial charge in [-0.3, -0.25) is 4.79 Å². The van der Waals surface area contributed by atoms with Crippen molar-refractivity contribution in [2.75, 3.05) is 11.6 Å². The Bertz CT molecular complexity index is 431. The molecule has 3 heteroatoms. The molecule has 0 fully saturated rings. The van der Waals surface area contributed by atoms with Crippen LogP contribution in [-0.2, 0) is 4.79 Å². The minimum absolute atomic E-state index is 0.0707. The van der Waals surface area contributed by atoms with Crippen LogP contribution in [0, 0.1) is 11.8 Å². The van der Waals surface area contributed by atoms with E-state index < -0.39 is 0 Å². The number of ketones is 1. The predicted octanol–water partition coefficient (Wildman–Crippen LogP) is 6.01. The fourth-order valence-corrected chi connectivity index (χ4v) is 3.09. The van der Waals surface area contributed by atoms with Gasteiger partial charge in [0.25, 0.3) is 0 Å². The van der Waals surface area contributed by atoms with Gasteiger partial charge in [0.1, 0.15) is 0 Å². The van der Waals surface area contributed by atoms with E-state index in [-0.39, 0.29) is 23.5 Å². The Labute approximate surface area is 147 Å². The number of carbonyl (C=O) groups is 1. The quantitative estimate of drug-likeness (QED) is 0.292. The van der Waals surface area contributed by atoms with E-state index in [9.17, 15) is 4.79 Å². The molecule has 2 atom stereocenters. The average Bonchev–Trinajstić information content (AvgIpc) is 2.46. The lowest BCUT2D eigenvalue weighted by atomic mass is 9.84. The second-order valence-electron chi connectivity index (χ2n) is 6.23. The molecule has 0 heterocycles. The third-order valence-electron chi connectivity index (χ3n) is 3.90. The third-order valence-corrected chi connectivity index (χ3v) is 4.56. The molecule has 0 aliphatic heterocycles. The van der Waals surface area contributed by atoms with Crippen molar-refractivity contribution in [1.29, 1.82) is 0 Å². The van der Waals surface area contributed by atoms with E-state index in [4.69, 9.17) is 11.6 Å². The van der Waals surface area contributed by atoms with Gasteiger partial charge >= 0.3 is 0 Å². The number of halogens is 1. The first-order valence-electron chi connectivity index (χ1n) is 7.97. The summed E-state index contributed by atoms with van der Waals surface area (Å²) in [7, 11) is 0. The van der Waals surface area contributed by atoms with Crippen molar-refractivity contribution in [2.45, 2.75) is 53.9 Å². The topological polar surface area (TPSA) is 17.1 Å². The number of rotatable bonds is 10. The van der Waals surface area contributed by atoms with Crippen LogP contribution in [0.15, 0.2) is 34.9 Å². The van der Waals surface area contributed by atoms with Gasteiger partial charge in [-0.1, -0.05) is 34.9 Å². The van der Waals surface area contributed by atoms with Crippen LogP contribution in [0.3, 0.4) is 0 Å². The first-order chi connectivity index (χ1) is 10.3. The maximum Gasteiger partial charge on any atom is 0.152 e. The highest BCUT2D eigenvalue weighted by Gasteiger charge is 2.25. The predicted molar refractivity (Wildman–Crippen MR) is 103 cm³/mol. The summed E-state index contributed by atoms with van der Waals surface area (Å²) in [4.78, 5) is 12.1. The Morgan fingerprint density at radius 2 is 1.82 bits per heavy atom. The number of hydrogen-bond donors (Lipinski definition) is 1. The van der Waals surface area contributed by atoms with E-state index in [1.165, 1.54) is 16.7 Å². The van der Waals surface area contributed by atoms with Crippen molar-refractivity contribution in [3.8, 4) is 0 Å². The van der Waals surface area contributed by atoms with Crippen molar-refractivity contribution >= 4 is 30.0 Å². The maximum atomic E-state index is 12.1. The summed E-state index contributed by atoms with van der Waals surface area (Å²) in [6, 6.07) is 0. The van der Waals surface area contributed by atoms with E-state index in [0.29, 0.717) is 5.75 Å². The minimum Gasteiger partial charge on any atom is -0.298 e. The Morgan fingerprint density at radius 1 is 1.18 bits per heavy atom. The Morgan fingerprint density at radius 3 is 2.27 bits per heavy atom. The molecule has 0 aromatic heterocycles. The fraction of sp³-hybridized carbons (Fsp3) is 0.632. The lowest BCUT2D eigenvalue weighted by Gasteiger charge is -2.23. The molecular weight excluding hydrogens is 312 g/mol. The molecule has 0 aromatic carbocycles. The zero-order chi connectivity index (χ0) is 17.1. The fourth-order valence-electron chi connectivity index (χ4n) is 2.42. The number of allylic oxidation sites excluding steroid dienone is 6. The Hall–Kier alpha value is -0.470. The highest BCUT2D eigenvalue weighted by atomic mass is 35.5. The van der Waals surface area contributed by atoms with Gasteiger partial charge in [-0.2, -0.15) is 12.6 Å². The van der Waals surface area contributed by atoms with E-state index >= 15 is 0 Å². The summed E-state index contributed by atoms with van der Waals surface area (Å²) in [5.41, 5.74) is 3.98. The molecule has 0 bridgehead atoms. The highest BCUT2D eigenvalue weighted by Crippen LogP contribution is 2.26. The first kappa shape index (κ1) is 21.5. The summed E-state index contributed by atoms with van der Waals surface area (Å²) in [5, 5.41) is 0. The van der Waals surface area contributed by atoms with Crippen molar-refractivity contribution in [2.24, 2.45) is 11.8 Å². The Kier molecular flexibility index (Phi) is 11.8. The van der Waals surface area contributed by atoms with Gasteiger partial charge in [-0.05, 0) is 59.8 Å². The number of Topliss-reactive ketones (excluding diaryl/α,β-unsaturated/α-hetero) is 1. The van der Waals surface area contributed by atoms with Crippen LogP contribution in [0.4, 0.5) is 0 Å². The summed E-state index contributed by atoms with van der Waals surface area (Å²) in [5.74, 6) is 0.798. The average molecular weight is 343 g/mol. The molecule has 0 aromatic rings. The lowest BCUT2D eigenvalue weighted by molar-refractivity contribution is -0.120. The van der Waals surface area contributed by atoms with Gasteiger partial charge < -0.3 is 0 Å². The van der Waals surface area contributed by atoms with E-state index in [1.807, 2.05) is 6.92 Å². The van der Waals surface area contributed by atoms with Crippen LogP contribution in [0.25, 0.3) is 0 Å². The molecule has 0 saturated carbocycles. The van der Waals surface area contributed by atoms with Crippen molar-refractivity contribution in [3.63, 3.8) is 0 Å². The number of carbonyl (C=O) groups excluding carboxylic acids is 1. The normalized spacial score (nSPS) is 15.4. The molecule has 0 N–H and O–H groups in total. The van der Waals surface area contributed by atoms with Crippen molar-refractivity contribution in [1.82, 2.24) is 0 Å². The third kappa shape index (κ3) is 8.85. The summed E-state index contributed by atoms with van der Waals surface area (Å²) < 4.78 is 0. The van der Waals surface area contributed by atoms with Crippen LogP contribution >= 0.6 is 24.2 Å². The zero-order valence-electron chi connectivity index (χ0n) is 14.7. The SMILES string of the molecule is CC=C(C)CC(C=C(C)CCC=C(C)C)C(CS)C(=O)CCl. The van der Waals surface area contributed by atoms with Crippen LogP contribution in [0.1, 0.15) is 53.9 Å². The molecule has 0 aliphatic rings. The first-order valence-corrected chi connectivity index (χ1v) is 9.14. The second-order valence-corrected chi connectivity index (χ2v) is 6.86. The van der Waals surface area contributed by atoms with Crippen LogP contribution < -0.4 is 0 Å². The molecule has 0 spiro atoms. The van der Waals surface area contributed by atoms with Crippen LogP contribution in [0.5, 0.6) is 0 Å². The molecule has 0 aliphatic carbocycles. The van der Waals surface area contributed by atoms with Crippen LogP contribution in [-0.4, -0.2) is 17.4 Å². The largest absolute Gasteiger partial charge is 0.298 e. The van der Waals surface area contributed by atoms with E-state index in [1.54, 1.807) is 0 Å². The van der Waals surface area contributed by atoms with E-state index in [2.05, 4.69) is 58.6 Å². The summed E-state index contributed by atoms with van der Waals surface area (Å²) in [6.45, 7) is 10.5. The maximum absolute atomic E-state index is 12.1. The molecule has 1 nitrogen and oxygen atoms in total. The molecule has 2 unspecified atom stereocenters. The summed E-state index contributed by atoms with van der Waals surface area (Å²) in [6.07, 6.45) is 9.60. The molecular formula is C19H31ClOS. The lowest BCUT2D eigenvalue weighted by Crippen LogP contribution is -2.26. The van der Waals surface area contributed by atoms with Gasteiger partial charge in [0, 0.05) is 11.7 Å². The van der Waals surface area contributed by atoms with Crippen LogP contribution in [0.2, 0.25) is 0 Å². The van der Waals surface area contributed by atoms with Gasteiger partial charge in [-0.25, -0.2) is 0 Å². The van der Waals surface area contributed by atoms with Crippen molar-refractivity contribution < 1.29 is 4.79 Å². The monoisotopic (exact) mass is 342 g/mol. The van der Waals surface area contributed by atoms with Gasteiger partial charge in [0.2, 0.25) is 0 Å². The molecule has 22 heavy (non-hydrogen) atoms. The smallest absolute Gasteiger partial charge is 0.152 e.